The van der Waals surface area contributed by atoms with E-state index in [1.54, 1.807) is 20.2 Å². The van der Waals surface area contributed by atoms with Gasteiger partial charge < -0.3 is 19.9 Å². The van der Waals surface area contributed by atoms with Gasteiger partial charge in [0.25, 0.3) is 0 Å². The Hall–Kier alpha value is -3.06. The lowest BCUT2D eigenvalue weighted by molar-refractivity contribution is 0.378. The molecule has 1 atom stereocenters. The fraction of sp³-hybridized carbons (Fsp3) is 0.318. The van der Waals surface area contributed by atoms with Gasteiger partial charge in [0.1, 0.15) is 5.75 Å². The molecule has 1 aromatic heterocycles. The molecule has 30 heavy (non-hydrogen) atoms. The van der Waals surface area contributed by atoms with Crippen molar-refractivity contribution >= 4 is 17.6 Å². The molecule has 3 rings (SSSR count). The molecule has 8 heteroatoms. The molecule has 7 nitrogen and oxygen atoms in total. The first-order chi connectivity index (χ1) is 14.5. The summed E-state index contributed by atoms with van der Waals surface area (Å²) < 4.78 is 10.8. The van der Waals surface area contributed by atoms with Gasteiger partial charge in [-0.1, -0.05) is 46.6 Å². The van der Waals surface area contributed by atoms with Crippen LogP contribution in [0.1, 0.15) is 30.0 Å². The van der Waals surface area contributed by atoms with Crippen molar-refractivity contribution in [3.05, 3.63) is 64.5 Å². The first-order valence-corrected chi connectivity index (χ1v) is 10.1. The molecule has 0 saturated carbocycles. The second-order valence-corrected chi connectivity index (χ2v) is 7.32. The summed E-state index contributed by atoms with van der Waals surface area (Å²) in [5, 5.41) is 11.3. The van der Waals surface area contributed by atoms with Crippen LogP contribution in [0.2, 0.25) is 5.02 Å². The fourth-order valence-corrected chi connectivity index (χ4v) is 3.25. The van der Waals surface area contributed by atoms with Crippen LogP contribution in [0.4, 0.5) is 0 Å². The molecule has 0 saturated heterocycles. The number of benzene rings is 2. The summed E-state index contributed by atoms with van der Waals surface area (Å²) in [4.78, 5) is 8.73. The van der Waals surface area contributed by atoms with Crippen molar-refractivity contribution in [2.24, 2.45) is 4.99 Å². The molecule has 0 amide bonds. The van der Waals surface area contributed by atoms with Gasteiger partial charge in [0.15, 0.2) is 5.96 Å². The zero-order valence-electron chi connectivity index (χ0n) is 17.6. The van der Waals surface area contributed by atoms with Crippen molar-refractivity contribution in [3.63, 3.8) is 0 Å². The number of aryl methyl sites for hydroxylation is 1. The molecule has 158 valence electrons. The van der Waals surface area contributed by atoms with E-state index in [1.807, 2.05) is 30.3 Å². The molecule has 0 spiro atoms. The highest BCUT2D eigenvalue weighted by molar-refractivity contribution is 6.30. The minimum Gasteiger partial charge on any atom is -0.496 e. The highest BCUT2D eigenvalue weighted by Gasteiger charge is 2.14. The van der Waals surface area contributed by atoms with Gasteiger partial charge in [0.2, 0.25) is 11.7 Å². The number of guanidine groups is 1. The van der Waals surface area contributed by atoms with Gasteiger partial charge in [-0.25, -0.2) is 0 Å². The maximum atomic E-state index is 6.03. The first kappa shape index (κ1) is 21.6. The molecule has 1 unspecified atom stereocenters. The van der Waals surface area contributed by atoms with Gasteiger partial charge >= 0.3 is 0 Å². The summed E-state index contributed by atoms with van der Waals surface area (Å²) in [6, 6.07) is 13.5. The Bertz CT molecular complexity index is 1020. The molecule has 2 N–H and O–H groups in total. The normalized spacial score (nSPS) is 12.5. The van der Waals surface area contributed by atoms with Crippen molar-refractivity contribution < 1.29 is 9.26 Å². The Morgan fingerprint density at radius 3 is 2.83 bits per heavy atom. The average molecular weight is 428 g/mol. The summed E-state index contributed by atoms with van der Waals surface area (Å²) in [6.45, 7) is 4.72. The number of methoxy groups -OCH3 is 1. The number of nitrogens with one attached hydrogen (secondary N) is 2. The maximum absolute atomic E-state index is 6.03. The maximum Gasteiger partial charge on any atom is 0.228 e. The SMILES string of the molecule is CN=C(NCCc1nc(-c2cccc(Cl)c2)no1)NC(C)c1cc(C)ccc1OC. The van der Waals surface area contributed by atoms with Crippen molar-refractivity contribution in [1.29, 1.82) is 0 Å². The molecule has 0 bridgehead atoms. The summed E-state index contributed by atoms with van der Waals surface area (Å²) in [6.07, 6.45) is 0.566. The van der Waals surface area contributed by atoms with E-state index in [4.69, 9.17) is 20.9 Å². The standard InChI is InChI=1S/C22H26ClN5O2/c1-14-8-9-19(29-4)18(12-14)15(2)26-22(24-3)25-11-10-20-27-21(28-30-20)16-6-5-7-17(23)13-16/h5-9,12-13,15H,10-11H2,1-4H3,(H2,24,25,26). The van der Waals surface area contributed by atoms with Crippen LogP contribution in [0.5, 0.6) is 5.75 Å². The molecule has 1 heterocycles. The predicted molar refractivity (Wildman–Crippen MR) is 119 cm³/mol. The van der Waals surface area contributed by atoms with E-state index in [2.05, 4.69) is 45.7 Å². The number of hydrogen-bond acceptors (Lipinski definition) is 5. The van der Waals surface area contributed by atoms with E-state index in [9.17, 15) is 0 Å². The van der Waals surface area contributed by atoms with Gasteiger partial charge in [0, 0.05) is 36.2 Å². The number of hydrogen-bond donors (Lipinski definition) is 2. The van der Waals surface area contributed by atoms with E-state index >= 15 is 0 Å². The van der Waals surface area contributed by atoms with Crippen molar-refractivity contribution in [2.75, 3.05) is 20.7 Å². The Morgan fingerprint density at radius 1 is 1.27 bits per heavy atom. The zero-order chi connectivity index (χ0) is 21.5. The van der Waals surface area contributed by atoms with Crippen LogP contribution in [-0.4, -0.2) is 36.8 Å². The molecule has 0 fully saturated rings. The second kappa shape index (κ2) is 10.1. The highest BCUT2D eigenvalue weighted by Crippen LogP contribution is 2.26. The number of ether oxygens (including phenoxy) is 1. The lowest BCUT2D eigenvalue weighted by atomic mass is 10.0. The molecule has 0 aliphatic rings. The Labute approximate surface area is 181 Å². The number of rotatable bonds is 7. The predicted octanol–water partition coefficient (Wildman–Crippen LogP) is 4.18. The van der Waals surface area contributed by atoms with Crippen molar-refractivity contribution in [2.45, 2.75) is 26.3 Å². The van der Waals surface area contributed by atoms with E-state index in [-0.39, 0.29) is 6.04 Å². The largest absolute Gasteiger partial charge is 0.496 e. The van der Waals surface area contributed by atoms with Gasteiger partial charge in [-0.3, -0.25) is 4.99 Å². The fourth-order valence-electron chi connectivity index (χ4n) is 3.06. The van der Waals surface area contributed by atoms with Crippen LogP contribution in [0.25, 0.3) is 11.4 Å². The van der Waals surface area contributed by atoms with Crippen LogP contribution in [0.15, 0.2) is 52.0 Å². The summed E-state index contributed by atoms with van der Waals surface area (Å²) >= 11 is 6.03. The number of aromatic nitrogens is 2. The van der Waals surface area contributed by atoms with E-state index in [0.29, 0.717) is 35.7 Å². The van der Waals surface area contributed by atoms with Gasteiger partial charge in [-0.05, 0) is 32.0 Å². The zero-order valence-corrected chi connectivity index (χ0v) is 18.3. The number of nitrogens with zero attached hydrogens (tertiary/aromatic N) is 3. The third kappa shape index (κ3) is 5.51. The van der Waals surface area contributed by atoms with E-state index in [0.717, 1.165) is 16.9 Å². The number of aliphatic imine (C=N–C) groups is 1. The Balaban J connectivity index is 1.56. The van der Waals surface area contributed by atoms with Gasteiger partial charge in [0.05, 0.1) is 13.2 Å². The van der Waals surface area contributed by atoms with Crippen LogP contribution in [0.3, 0.4) is 0 Å². The molecule has 3 aromatic rings. The first-order valence-electron chi connectivity index (χ1n) is 9.70. The Kier molecular flexibility index (Phi) is 7.30. The number of halogens is 1. The molecule has 0 aliphatic heterocycles. The van der Waals surface area contributed by atoms with Crippen molar-refractivity contribution in [1.82, 2.24) is 20.8 Å². The van der Waals surface area contributed by atoms with Crippen LogP contribution >= 0.6 is 11.6 Å². The van der Waals surface area contributed by atoms with Crippen molar-refractivity contribution in [3.8, 4) is 17.1 Å². The van der Waals surface area contributed by atoms with E-state index < -0.39 is 0 Å². The smallest absolute Gasteiger partial charge is 0.228 e. The van der Waals surface area contributed by atoms with Crippen LogP contribution in [0, 0.1) is 6.92 Å². The Morgan fingerprint density at radius 2 is 2.10 bits per heavy atom. The van der Waals surface area contributed by atoms with Crippen LogP contribution < -0.4 is 15.4 Å². The average Bonchev–Trinajstić information content (AvgIpc) is 3.22. The highest BCUT2D eigenvalue weighted by atomic mass is 35.5. The molecule has 2 aromatic carbocycles. The second-order valence-electron chi connectivity index (χ2n) is 6.88. The lowest BCUT2D eigenvalue weighted by Gasteiger charge is -2.20. The third-order valence-corrected chi connectivity index (χ3v) is 4.85. The molecular formula is C22H26ClN5O2. The minimum absolute atomic E-state index is 0.0175. The molecule has 0 radical (unpaired) electrons. The molecule has 0 aliphatic carbocycles. The minimum atomic E-state index is 0.0175. The van der Waals surface area contributed by atoms with Gasteiger partial charge in [-0.2, -0.15) is 4.98 Å². The lowest BCUT2D eigenvalue weighted by Crippen LogP contribution is -2.39. The quantitative estimate of drug-likeness (QED) is 0.434. The topological polar surface area (TPSA) is 84.6 Å². The summed E-state index contributed by atoms with van der Waals surface area (Å²) in [5.74, 6) is 2.59. The van der Waals surface area contributed by atoms with Gasteiger partial charge in [-0.15, -0.1) is 0 Å². The summed E-state index contributed by atoms with van der Waals surface area (Å²) in [7, 11) is 3.41. The third-order valence-electron chi connectivity index (χ3n) is 4.61. The van der Waals surface area contributed by atoms with Crippen LogP contribution in [-0.2, 0) is 6.42 Å². The summed E-state index contributed by atoms with van der Waals surface area (Å²) in [5.41, 5.74) is 3.07. The van der Waals surface area contributed by atoms with E-state index in [1.165, 1.54) is 5.56 Å². The monoisotopic (exact) mass is 427 g/mol. The molecular weight excluding hydrogens is 402 g/mol.